The van der Waals surface area contributed by atoms with Crippen LogP contribution in [-0.4, -0.2) is 30.9 Å². The Balaban J connectivity index is 2.58. The topological polar surface area (TPSA) is 46.6 Å². The highest BCUT2D eigenvalue weighted by atomic mass is 79.9. The summed E-state index contributed by atoms with van der Waals surface area (Å²) in [5.41, 5.74) is 2.22. The largest absolute Gasteiger partial charge is 0.469 e. The van der Waals surface area contributed by atoms with Crippen molar-refractivity contribution in [2.75, 3.05) is 14.2 Å². The molecule has 0 saturated carbocycles. The van der Waals surface area contributed by atoms with Gasteiger partial charge in [0.1, 0.15) is 0 Å². The highest BCUT2D eigenvalue weighted by Crippen LogP contribution is 2.17. The van der Waals surface area contributed by atoms with Crippen LogP contribution in [0.2, 0.25) is 0 Å². The maximum atomic E-state index is 11.9. The van der Waals surface area contributed by atoms with Gasteiger partial charge in [-0.15, -0.1) is 0 Å². The number of halogens is 1. The molecule has 19 heavy (non-hydrogen) atoms. The van der Waals surface area contributed by atoms with Crippen LogP contribution in [0.25, 0.3) is 0 Å². The molecule has 0 aliphatic heterocycles. The van der Waals surface area contributed by atoms with Gasteiger partial charge in [-0.2, -0.15) is 0 Å². The number of rotatable bonds is 5. The van der Waals surface area contributed by atoms with Gasteiger partial charge >= 0.3 is 5.97 Å². The summed E-state index contributed by atoms with van der Waals surface area (Å²) in [6, 6.07) is 5.98. The van der Waals surface area contributed by atoms with Crippen molar-refractivity contribution in [1.82, 2.24) is 4.90 Å². The van der Waals surface area contributed by atoms with Gasteiger partial charge in [-0.1, -0.05) is 22.0 Å². The molecule has 0 radical (unpaired) electrons. The average Bonchev–Trinajstić information content (AvgIpc) is 2.39. The Morgan fingerprint density at radius 3 is 2.63 bits per heavy atom. The molecule has 0 aliphatic carbocycles. The third-order valence-corrected chi connectivity index (χ3v) is 3.41. The van der Waals surface area contributed by atoms with E-state index in [1.165, 1.54) is 7.11 Å². The molecule has 0 saturated heterocycles. The zero-order chi connectivity index (χ0) is 14.4. The van der Waals surface area contributed by atoms with E-state index in [-0.39, 0.29) is 24.7 Å². The van der Waals surface area contributed by atoms with E-state index in [4.69, 9.17) is 0 Å². The number of methoxy groups -OCH3 is 1. The number of aryl methyl sites for hydroxylation is 1. The van der Waals surface area contributed by atoms with Crippen molar-refractivity contribution in [1.29, 1.82) is 0 Å². The van der Waals surface area contributed by atoms with E-state index in [2.05, 4.69) is 20.7 Å². The molecule has 1 amide bonds. The van der Waals surface area contributed by atoms with Gasteiger partial charge in [0, 0.05) is 24.5 Å². The quantitative estimate of drug-likeness (QED) is 0.781. The molecule has 5 heteroatoms. The fourth-order valence-corrected chi connectivity index (χ4v) is 2.06. The van der Waals surface area contributed by atoms with Crippen LogP contribution < -0.4 is 0 Å². The monoisotopic (exact) mass is 327 g/mol. The van der Waals surface area contributed by atoms with Gasteiger partial charge in [-0.3, -0.25) is 9.59 Å². The average molecular weight is 328 g/mol. The summed E-state index contributed by atoms with van der Waals surface area (Å²) in [7, 11) is 3.06. The molecule has 0 atom stereocenters. The van der Waals surface area contributed by atoms with Crippen LogP contribution in [0, 0.1) is 6.92 Å². The standard InChI is InChI=1S/C14H18BrNO3/c1-10-4-5-12(15)8-11(10)9-16(2)13(17)6-7-14(18)19-3/h4-5,8H,6-7,9H2,1-3H3. The zero-order valence-electron chi connectivity index (χ0n) is 11.4. The molecule has 0 heterocycles. The first kappa shape index (κ1) is 15.7. The Labute approximate surface area is 121 Å². The maximum absolute atomic E-state index is 11.9. The van der Waals surface area contributed by atoms with Crippen LogP contribution in [0.15, 0.2) is 22.7 Å². The smallest absolute Gasteiger partial charge is 0.306 e. The number of hydrogen-bond donors (Lipinski definition) is 0. The molecule has 1 rings (SSSR count). The number of carbonyl (C=O) groups is 2. The number of nitrogens with zero attached hydrogens (tertiary/aromatic N) is 1. The number of carbonyl (C=O) groups excluding carboxylic acids is 2. The lowest BCUT2D eigenvalue weighted by molar-refractivity contribution is -0.143. The summed E-state index contributed by atoms with van der Waals surface area (Å²) in [6.07, 6.45) is 0.299. The fraction of sp³-hybridized carbons (Fsp3) is 0.429. The molecule has 1 aromatic rings. The SMILES string of the molecule is COC(=O)CCC(=O)N(C)Cc1cc(Br)ccc1C. The van der Waals surface area contributed by atoms with Crippen molar-refractivity contribution in [3.8, 4) is 0 Å². The predicted molar refractivity (Wildman–Crippen MR) is 76.6 cm³/mol. The number of benzene rings is 1. The molecule has 0 bridgehead atoms. The fourth-order valence-electron chi connectivity index (χ4n) is 1.66. The lowest BCUT2D eigenvalue weighted by Gasteiger charge is -2.18. The van der Waals surface area contributed by atoms with E-state index < -0.39 is 0 Å². The van der Waals surface area contributed by atoms with Crippen LogP contribution in [0.4, 0.5) is 0 Å². The molecule has 0 N–H and O–H groups in total. The Bertz CT molecular complexity index is 474. The van der Waals surface area contributed by atoms with Gasteiger partial charge in [0.15, 0.2) is 0 Å². The minimum absolute atomic E-state index is 0.0650. The molecule has 4 nitrogen and oxygen atoms in total. The first-order valence-corrected chi connectivity index (χ1v) is 6.79. The summed E-state index contributed by atoms with van der Waals surface area (Å²) in [4.78, 5) is 24.5. The van der Waals surface area contributed by atoms with Crippen LogP contribution in [0.5, 0.6) is 0 Å². The predicted octanol–water partition coefficient (Wildman–Crippen LogP) is 2.67. The summed E-state index contributed by atoms with van der Waals surface area (Å²) in [5.74, 6) is -0.426. The van der Waals surface area contributed by atoms with E-state index >= 15 is 0 Å². The van der Waals surface area contributed by atoms with E-state index in [9.17, 15) is 9.59 Å². The van der Waals surface area contributed by atoms with Crippen LogP contribution in [0.1, 0.15) is 24.0 Å². The van der Waals surface area contributed by atoms with Crippen molar-refractivity contribution in [3.05, 3.63) is 33.8 Å². The van der Waals surface area contributed by atoms with E-state index in [0.29, 0.717) is 6.54 Å². The number of hydrogen-bond acceptors (Lipinski definition) is 3. The molecule has 0 spiro atoms. The molecular weight excluding hydrogens is 310 g/mol. The third kappa shape index (κ3) is 5.03. The number of amides is 1. The highest BCUT2D eigenvalue weighted by molar-refractivity contribution is 9.10. The zero-order valence-corrected chi connectivity index (χ0v) is 13.0. The first-order chi connectivity index (χ1) is 8.93. The van der Waals surface area contributed by atoms with E-state index in [1.54, 1.807) is 11.9 Å². The second-order valence-corrected chi connectivity index (χ2v) is 5.31. The second kappa shape index (κ2) is 7.28. The second-order valence-electron chi connectivity index (χ2n) is 4.40. The van der Waals surface area contributed by atoms with Gasteiger partial charge < -0.3 is 9.64 Å². The number of ether oxygens (including phenoxy) is 1. The Kier molecular flexibility index (Phi) is 6.02. The summed E-state index contributed by atoms with van der Waals surface area (Å²) < 4.78 is 5.51. The maximum Gasteiger partial charge on any atom is 0.306 e. The lowest BCUT2D eigenvalue weighted by atomic mass is 10.1. The van der Waals surface area contributed by atoms with Gasteiger partial charge in [0.25, 0.3) is 0 Å². The van der Waals surface area contributed by atoms with Crippen molar-refractivity contribution < 1.29 is 14.3 Å². The minimum atomic E-state index is -0.361. The molecule has 0 fully saturated rings. The van der Waals surface area contributed by atoms with Gasteiger partial charge in [0.2, 0.25) is 5.91 Å². The molecule has 104 valence electrons. The first-order valence-electron chi connectivity index (χ1n) is 6.00. The van der Waals surface area contributed by atoms with Crippen LogP contribution >= 0.6 is 15.9 Å². The molecule has 1 aromatic carbocycles. The van der Waals surface area contributed by atoms with E-state index in [0.717, 1.165) is 15.6 Å². The number of esters is 1. The molecule has 0 aromatic heterocycles. The summed E-state index contributed by atoms with van der Waals surface area (Å²) >= 11 is 3.42. The van der Waals surface area contributed by atoms with Crippen LogP contribution in [0.3, 0.4) is 0 Å². The lowest BCUT2D eigenvalue weighted by Crippen LogP contribution is -2.27. The molecule has 0 unspecified atom stereocenters. The van der Waals surface area contributed by atoms with Crippen LogP contribution in [-0.2, 0) is 20.9 Å². The Hall–Kier alpha value is -1.36. The molecule has 0 aliphatic rings. The van der Waals surface area contributed by atoms with Gasteiger partial charge in [-0.05, 0) is 30.2 Å². The minimum Gasteiger partial charge on any atom is -0.469 e. The Morgan fingerprint density at radius 2 is 2.00 bits per heavy atom. The van der Waals surface area contributed by atoms with Crippen molar-refractivity contribution >= 4 is 27.8 Å². The normalized spacial score (nSPS) is 10.1. The summed E-state index contributed by atoms with van der Waals surface area (Å²) in [5, 5.41) is 0. The van der Waals surface area contributed by atoms with Gasteiger partial charge in [0.05, 0.1) is 13.5 Å². The molecular formula is C14H18BrNO3. The Morgan fingerprint density at radius 1 is 1.32 bits per heavy atom. The highest BCUT2D eigenvalue weighted by Gasteiger charge is 2.13. The van der Waals surface area contributed by atoms with Crippen molar-refractivity contribution in [2.24, 2.45) is 0 Å². The third-order valence-electron chi connectivity index (χ3n) is 2.92. The summed E-state index contributed by atoms with van der Waals surface area (Å²) in [6.45, 7) is 2.54. The van der Waals surface area contributed by atoms with E-state index in [1.807, 2.05) is 25.1 Å². The van der Waals surface area contributed by atoms with Crippen molar-refractivity contribution in [2.45, 2.75) is 26.3 Å². The van der Waals surface area contributed by atoms with Crippen molar-refractivity contribution in [3.63, 3.8) is 0 Å². The van der Waals surface area contributed by atoms with Gasteiger partial charge in [-0.25, -0.2) is 0 Å².